The summed E-state index contributed by atoms with van der Waals surface area (Å²) in [4.78, 5) is 73.9. The number of aromatic nitrogens is 5. The van der Waals surface area contributed by atoms with Crippen molar-refractivity contribution in [1.82, 2.24) is 50.0 Å². The molecular formula is C68H84F2N12O7S. The number of thiazole rings is 1. The number of pyridine rings is 1. The number of aryl methyl sites for hydroxylation is 2. The third-order valence-corrected chi connectivity index (χ3v) is 20.0. The summed E-state index contributed by atoms with van der Waals surface area (Å²) in [6, 6.07) is 17.9. The number of amides is 3. The first kappa shape index (κ1) is 62.6. The summed E-state index contributed by atoms with van der Waals surface area (Å²) in [6.07, 6.45) is 5.50. The Bertz CT molecular complexity index is 3760. The summed E-state index contributed by atoms with van der Waals surface area (Å²) in [6.45, 7) is 22.8. The van der Waals surface area contributed by atoms with Crippen LogP contribution in [0.5, 0.6) is 11.8 Å². The number of benzene rings is 3. The molecule has 12 rings (SSSR count). The number of piperazine rings is 2. The molecule has 2 bridgehead atoms. The van der Waals surface area contributed by atoms with E-state index in [-0.39, 0.29) is 77.6 Å². The quantitative estimate of drug-likeness (QED) is 0.0872. The Morgan fingerprint density at radius 3 is 2.37 bits per heavy atom. The van der Waals surface area contributed by atoms with E-state index < -0.39 is 29.0 Å². The van der Waals surface area contributed by atoms with Crippen LogP contribution in [0.4, 0.5) is 25.2 Å². The van der Waals surface area contributed by atoms with E-state index in [0.717, 1.165) is 57.3 Å². The number of rotatable bonds is 17. The van der Waals surface area contributed by atoms with Gasteiger partial charge in [0.1, 0.15) is 52.6 Å². The molecule has 478 valence electrons. The van der Waals surface area contributed by atoms with Gasteiger partial charge < -0.3 is 39.1 Å². The molecule has 22 heteroatoms. The summed E-state index contributed by atoms with van der Waals surface area (Å²) < 4.78 is 52.5. The summed E-state index contributed by atoms with van der Waals surface area (Å²) in [5.74, 6) is -0.196. The second-order valence-corrected chi connectivity index (χ2v) is 27.6. The van der Waals surface area contributed by atoms with Crippen LogP contribution >= 0.6 is 11.3 Å². The predicted molar refractivity (Wildman–Crippen MR) is 344 cm³/mol. The van der Waals surface area contributed by atoms with E-state index in [9.17, 15) is 19.5 Å². The molecule has 3 amide bonds. The maximum atomic E-state index is 17.4. The summed E-state index contributed by atoms with van der Waals surface area (Å²) in [7, 11) is 0. The van der Waals surface area contributed by atoms with Crippen molar-refractivity contribution in [2.45, 2.75) is 155 Å². The number of nitrogens with one attached hydrogen (secondary N) is 1. The smallest absolute Gasteiger partial charge is 0.410 e. The molecule has 5 aliphatic heterocycles. The lowest BCUT2D eigenvalue weighted by atomic mass is 9.91. The molecule has 0 spiro atoms. The normalized spacial score (nSPS) is 21.4. The van der Waals surface area contributed by atoms with Gasteiger partial charge in [-0.15, -0.1) is 11.3 Å². The molecule has 7 aromatic rings. The highest BCUT2D eigenvalue weighted by atomic mass is 32.1. The van der Waals surface area contributed by atoms with E-state index in [1.165, 1.54) is 0 Å². The fourth-order valence-electron chi connectivity index (χ4n) is 14.4. The van der Waals surface area contributed by atoms with Crippen LogP contribution in [0.1, 0.15) is 128 Å². The molecule has 0 saturated carbocycles. The average Bonchev–Trinajstić information content (AvgIpc) is 1.21. The van der Waals surface area contributed by atoms with Crippen molar-refractivity contribution in [1.29, 1.82) is 0 Å². The molecule has 3 aromatic carbocycles. The van der Waals surface area contributed by atoms with Crippen molar-refractivity contribution >= 4 is 62.6 Å². The first-order valence-electron chi connectivity index (χ1n) is 32.1. The SMILES string of the molecule is CCc1cccc2cc(O)cc(-c3ncc4c(N5CC6CCC(C5)N6C(=O)OC(C)(C)C)nc(OCCN5CCC(F)(CN6CCN(c7cc(C(C(=O)N8CCCC8C(=O)NC(C)c8ccc(-c9scnc9C)cc8)C(C)C)on7)C(C)C6)CC5)nc4c3F)c12. The van der Waals surface area contributed by atoms with Crippen molar-refractivity contribution in [3.63, 3.8) is 0 Å². The number of halogens is 2. The number of aromatic hydroxyl groups is 1. The molecule has 90 heavy (non-hydrogen) atoms. The zero-order valence-corrected chi connectivity index (χ0v) is 54.0. The topological polar surface area (TPSA) is 199 Å². The summed E-state index contributed by atoms with van der Waals surface area (Å²) >= 11 is 1.60. The molecule has 0 radical (unpaired) electrons. The van der Waals surface area contributed by atoms with Gasteiger partial charge in [0, 0.05) is 89.3 Å². The van der Waals surface area contributed by atoms with Crippen molar-refractivity contribution < 1.29 is 42.3 Å². The predicted octanol–water partition coefficient (Wildman–Crippen LogP) is 11.3. The van der Waals surface area contributed by atoms with Crippen LogP contribution in [0.2, 0.25) is 0 Å². The standard InChI is InChI=1S/C68H84F2N12O7S/c1-10-44-13-11-14-47-31-50(83)32-51(57(44)47)59-58(69)60-52(34-71-59)62(79-36-48-20-21-49(37-79)82(48)66(86)88-67(7,8)9)75-65(74-60)87-30-29-77-25-22-68(70,23-26-77)38-78-27-28-80(41(4)35-78)55-33-54(89-76-55)56(40(2)3)64(85)81-24-12-15-53(81)63(84)73-42(5)45-16-18-46(19-17-45)61-43(6)72-39-90-61/h11,13-14,16-19,31-34,39-42,48-49,53,56,83H,10,12,15,20-30,35-38H2,1-9H3,(H,73,84). The highest BCUT2D eigenvalue weighted by Gasteiger charge is 2.46. The minimum absolute atomic E-state index is 0.00495. The number of piperidine rings is 1. The van der Waals surface area contributed by atoms with Gasteiger partial charge in [-0.1, -0.05) is 68.4 Å². The number of nitrogens with zero attached hydrogens (tertiary/aromatic N) is 11. The Balaban J connectivity index is 0.663. The zero-order valence-electron chi connectivity index (χ0n) is 53.2. The van der Waals surface area contributed by atoms with Crippen LogP contribution in [0.3, 0.4) is 0 Å². The first-order valence-corrected chi connectivity index (χ1v) is 33.0. The van der Waals surface area contributed by atoms with Crippen LogP contribution < -0.4 is 19.9 Å². The molecule has 6 unspecified atom stereocenters. The van der Waals surface area contributed by atoms with Gasteiger partial charge in [0.05, 0.1) is 39.6 Å². The molecule has 5 saturated heterocycles. The number of likely N-dealkylation sites (tertiary alicyclic amines) is 2. The first-order chi connectivity index (χ1) is 43.1. The summed E-state index contributed by atoms with van der Waals surface area (Å²) in [5.41, 5.74) is 4.36. The van der Waals surface area contributed by atoms with Gasteiger partial charge in [0.15, 0.2) is 17.4 Å². The van der Waals surface area contributed by atoms with Crippen LogP contribution in [-0.4, -0.2) is 175 Å². The fourth-order valence-corrected chi connectivity index (χ4v) is 15.2. The maximum Gasteiger partial charge on any atom is 0.410 e. The molecule has 19 nitrogen and oxygen atoms in total. The van der Waals surface area contributed by atoms with Gasteiger partial charge in [-0.3, -0.25) is 29.3 Å². The Morgan fingerprint density at radius 1 is 0.922 bits per heavy atom. The van der Waals surface area contributed by atoms with Gasteiger partial charge in [-0.2, -0.15) is 9.97 Å². The Hall–Kier alpha value is -7.56. The summed E-state index contributed by atoms with van der Waals surface area (Å²) in [5, 5.41) is 20.5. The van der Waals surface area contributed by atoms with Crippen LogP contribution in [-0.2, 0) is 20.7 Å². The number of hydrogen-bond acceptors (Lipinski definition) is 17. The minimum Gasteiger partial charge on any atom is -0.508 e. The number of phenolic OH excluding ortho intramolecular Hbond substituents is 1. The number of carbonyl (C=O) groups excluding carboxylic acids is 3. The fraction of sp³-hybridized carbons (Fsp3) is 0.529. The zero-order chi connectivity index (χ0) is 63.3. The van der Waals surface area contributed by atoms with E-state index in [4.69, 9.17) is 28.9 Å². The number of hydrogen-bond donors (Lipinski definition) is 2. The monoisotopic (exact) mass is 1250 g/mol. The highest BCUT2D eigenvalue weighted by molar-refractivity contribution is 7.13. The molecular weight excluding hydrogens is 1170 g/mol. The number of anilines is 2. The van der Waals surface area contributed by atoms with Gasteiger partial charge >= 0.3 is 12.1 Å². The number of alkyl halides is 1. The molecule has 0 aliphatic carbocycles. The van der Waals surface area contributed by atoms with Gasteiger partial charge in [-0.25, -0.2) is 18.6 Å². The lowest BCUT2D eigenvalue weighted by molar-refractivity contribution is -0.141. The van der Waals surface area contributed by atoms with E-state index in [2.05, 4.69) is 54.1 Å². The highest BCUT2D eigenvalue weighted by Crippen LogP contribution is 2.42. The van der Waals surface area contributed by atoms with Crippen LogP contribution in [0.25, 0.3) is 43.4 Å². The average molecular weight is 1250 g/mol. The third kappa shape index (κ3) is 12.9. The lowest BCUT2D eigenvalue weighted by Crippen LogP contribution is -2.57. The minimum atomic E-state index is -1.40. The second-order valence-electron chi connectivity index (χ2n) is 26.8. The van der Waals surface area contributed by atoms with Gasteiger partial charge in [-0.05, 0) is 132 Å². The number of fused-ring (bicyclic) bond motifs is 4. The van der Waals surface area contributed by atoms with Crippen molar-refractivity contribution in [2.75, 3.05) is 81.9 Å². The van der Waals surface area contributed by atoms with Gasteiger partial charge in [0.2, 0.25) is 11.8 Å². The molecule has 6 atom stereocenters. The maximum absolute atomic E-state index is 17.4. The van der Waals surface area contributed by atoms with Crippen molar-refractivity contribution in [2.24, 2.45) is 5.92 Å². The van der Waals surface area contributed by atoms with Crippen molar-refractivity contribution in [3.8, 4) is 33.5 Å². The number of phenols is 1. The van der Waals surface area contributed by atoms with E-state index in [1.807, 2.05) is 102 Å². The largest absolute Gasteiger partial charge is 0.508 e. The molecule has 9 heterocycles. The Labute approximate surface area is 529 Å². The van der Waals surface area contributed by atoms with Crippen LogP contribution in [0.15, 0.2) is 76.9 Å². The number of carbonyl (C=O) groups is 3. The lowest BCUT2D eigenvalue weighted by Gasteiger charge is -2.44. The van der Waals surface area contributed by atoms with Gasteiger partial charge in [0.25, 0.3) is 0 Å². The van der Waals surface area contributed by atoms with Crippen LogP contribution in [0, 0.1) is 18.7 Å². The van der Waals surface area contributed by atoms with E-state index in [1.54, 1.807) is 34.6 Å². The van der Waals surface area contributed by atoms with E-state index >= 15 is 8.78 Å². The number of ether oxygens (including phenoxy) is 2. The Kier molecular flexibility index (Phi) is 17.8. The molecule has 4 aromatic heterocycles. The van der Waals surface area contributed by atoms with Crippen molar-refractivity contribution in [3.05, 3.63) is 101 Å². The second kappa shape index (κ2) is 25.6. The molecule has 5 fully saturated rings. The third-order valence-electron chi connectivity index (χ3n) is 19.0. The van der Waals surface area contributed by atoms with E-state index in [0.29, 0.717) is 119 Å². The Morgan fingerprint density at radius 2 is 1.68 bits per heavy atom. The molecule has 5 aliphatic rings. The molecule has 2 N–H and O–H groups in total.